The van der Waals surface area contributed by atoms with Gasteiger partial charge in [0.2, 0.25) is 0 Å². The zero-order valence-corrected chi connectivity index (χ0v) is 15.1. The first-order valence-electron chi connectivity index (χ1n) is 7.28. The number of ether oxygens (including phenoxy) is 1. The number of rotatable bonds is 4. The maximum atomic E-state index is 12.4. The largest absolute Gasteiger partial charge is 0.495 e. The van der Waals surface area contributed by atoms with E-state index in [0.29, 0.717) is 28.1 Å². The molecule has 0 bridgehead atoms. The van der Waals surface area contributed by atoms with Gasteiger partial charge in [-0.05, 0) is 36.9 Å². The van der Waals surface area contributed by atoms with Crippen LogP contribution in [0.3, 0.4) is 0 Å². The first kappa shape index (κ1) is 16.8. The molecule has 7 heteroatoms. The molecule has 124 valence electrons. The fourth-order valence-corrected chi connectivity index (χ4v) is 3.21. The Hall–Kier alpha value is -2.05. The van der Waals surface area contributed by atoms with E-state index in [-0.39, 0.29) is 5.56 Å². The van der Waals surface area contributed by atoms with Crippen molar-refractivity contribution in [3.8, 4) is 5.75 Å². The molecule has 5 nitrogen and oxygen atoms in total. The van der Waals surface area contributed by atoms with Gasteiger partial charge in [-0.1, -0.05) is 29.4 Å². The quantitative estimate of drug-likeness (QED) is 0.525. The van der Waals surface area contributed by atoms with Gasteiger partial charge in [-0.2, -0.15) is 0 Å². The van der Waals surface area contributed by atoms with Crippen LogP contribution in [-0.2, 0) is 6.54 Å². The lowest BCUT2D eigenvalue weighted by Crippen LogP contribution is -2.21. The van der Waals surface area contributed by atoms with E-state index >= 15 is 0 Å². The number of aromatic nitrogens is 3. The summed E-state index contributed by atoms with van der Waals surface area (Å²) in [6, 6.07) is 8.80. The van der Waals surface area contributed by atoms with Crippen LogP contribution in [0.2, 0.25) is 5.02 Å². The smallest absolute Gasteiger partial charge is 0.252 e. The van der Waals surface area contributed by atoms with Crippen LogP contribution < -0.4 is 10.3 Å². The zero-order chi connectivity index (χ0) is 17.3. The van der Waals surface area contributed by atoms with Crippen molar-refractivity contribution in [3.05, 3.63) is 57.0 Å². The van der Waals surface area contributed by atoms with Crippen molar-refractivity contribution in [2.24, 2.45) is 0 Å². The van der Waals surface area contributed by atoms with Crippen LogP contribution in [-0.4, -0.2) is 27.9 Å². The highest BCUT2D eigenvalue weighted by atomic mass is 35.5. The molecule has 2 aromatic heterocycles. The maximum absolute atomic E-state index is 12.4. The number of nitrogens with zero attached hydrogens (tertiary/aromatic N) is 3. The third-order valence-electron chi connectivity index (χ3n) is 3.75. The van der Waals surface area contributed by atoms with Crippen molar-refractivity contribution in [3.63, 3.8) is 0 Å². The summed E-state index contributed by atoms with van der Waals surface area (Å²) in [7, 11) is 1.57. The number of hydrogen-bond donors (Lipinski definition) is 0. The summed E-state index contributed by atoms with van der Waals surface area (Å²) in [5.74, 6) is 0.605. The first-order valence-corrected chi connectivity index (χ1v) is 8.88. The topological polar surface area (TPSA) is 57.0 Å². The number of methoxy groups -OCH3 is 1. The predicted molar refractivity (Wildman–Crippen MR) is 97.4 cm³/mol. The predicted octanol–water partition coefficient (Wildman–Crippen LogP) is 3.53. The van der Waals surface area contributed by atoms with Gasteiger partial charge in [0.1, 0.15) is 11.4 Å². The van der Waals surface area contributed by atoms with Crippen LogP contribution in [0.1, 0.15) is 11.3 Å². The molecule has 0 radical (unpaired) electrons. The Morgan fingerprint density at radius 2 is 2.04 bits per heavy atom. The Bertz CT molecular complexity index is 972. The molecule has 0 saturated carbocycles. The Morgan fingerprint density at radius 3 is 2.71 bits per heavy atom. The van der Waals surface area contributed by atoms with Gasteiger partial charge < -0.3 is 4.74 Å². The lowest BCUT2D eigenvalue weighted by Gasteiger charge is -2.12. The molecule has 0 atom stereocenters. The molecule has 0 aliphatic rings. The summed E-state index contributed by atoms with van der Waals surface area (Å²) in [5, 5.41) is 2.03. The second-order valence-corrected chi connectivity index (χ2v) is 6.44. The lowest BCUT2D eigenvalue weighted by atomic mass is 10.2. The monoisotopic (exact) mass is 361 g/mol. The molecular formula is C17H16ClN3O2S. The minimum absolute atomic E-state index is 0.111. The Balaban J connectivity index is 2.15. The number of fused-ring (bicyclic) bond motifs is 1. The average Bonchev–Trinajstić information content (AvgIpc) is 2.57. The van der Waals surface area contributed by atoms with Gasteiger partial charge in [0.15, 0.2) is 5.16 Å². The van der Waals surface area contributed by atoms with Crippen molar-refractivity contribution in [1.29, 1.82) is 0 Å². The Kier molecular flexibility index (Phi) is 4.78. The minimum Gasteiger partial charge on any atom is -0.495 e. The number of benzene rings is 1. The molecule has 0 amide bonds. The van der Waals surface area contributed by atoms with Crippen LogP contribution in [0.5, 0.6) is 5.75 Å². The van der Waals surface area contributed by atoms with Crippen molar-refractivity contribution in [2.45, 2.75) is 18.6 Å². The molecule has 2 heterocycles. The van der Waals surface area contributed by atoms with Gasteiger partial charge in [0, 0.05) is 11.5 Å². The number of aryl methyl sites for hydroxylation is 1. The normalized spacial score (nSPS) is 11.0. The molecule has 0 spiro atoms. The number of thioether (sulfide) groups is 1. The van der Waals surface area contributed by atoms with Crippen molar-refractivity contribution < 1.29 is 4.74 Å². The Labute approximate surface area is 148 Å². The van der Waals surface area contributed by atoms with Crippen LogP contribution >= 0.6 is 23.4 Å². The van der Waals surface area contributed by atoms with E-state index in [4.69, 9.17) is 16.3 Å². The summed E-state index contributed by atoms with van der Waals surface area (Å²) in [4.78, 5) is 21.4. The molecule has 3 aromatic rings. The van der Waals surface area contributed by atoms with E-state index in [1.807, 2.05) is 19.2 Å². The van der Waals surface area contributed by atoms with Crippen LogP contribution in [0.25, 0.3) is 11.0 Å². The fourth-order valence-electron chi connectivity index (χ4n) is 2.53. The molecule has 3 rings (SSSR count). The first-order chi connectivity index (χ1) is 11.5. The summed E-state index contributed by atoms with van der Waals surface area (Å²) in [6.45, 7) is 2.30. The summed E-state index contributed by atoms with van der Waals surface area (Å²) in [5.41, 5.74) is 2.27. The zero-order valence-electron chi connectivity index (χ0n) is 13.5. The minimum atomic E-state index is -0.111. The van der Waals surface area contributed by atoms with Gasteiger partial charge in [-0.3, -0.25) is 9.36 Å². The summed E-state index contributed by atoms with van der Waals surface area (Å²) >= 11 is 7.64. The molecule has 0 aliphatic carbocycles. The molecule has 0 unspecified atom stereocenters. The van der Waals surface area contributed by atoms with E-state index < -0.39 is 0 Å². The molecule has 0 saturated heterocycles. The highest BCUT2D eigenvalue weighted by molar-refractivity contribution is 7.98. The number of pyridine rings is 1. The molecule has 1 aromatic carbocycles. The van der Waals surface area contributed by atoms with E-state index in [1.165, 1.54) is 11.8 Å². The standard InChI is InChI=1S/C17H16ClN3O2S/c1-10-12-5-7-15(22)21(16(12)20-17(19-10)24-3)9-11-4-6-14(23-2)13(18)8-11/h4-8H,9H2,1-3H3. The molecule has 24 heavy (non-hydrogen) atoms. The van der Waals surface area contributed by atoms with E-state index in [1.54, 1.807) is 35.9 Å². The maximum Gasteiger partial charge on any atom is 0.252 e. The number of hydrogen-bond acceptors (Lipinski definition) is 5. The highest BCUT2D eigenvalue weighted by Crippen LogP contribution is 2.26. The third-order valence-corrected chi connectivity index (χ3v) is 4.59. The molecular weight excluding hydrogens is 346 g/mol. The fraction of sp³-hybridized carbons (Fsp3) is 0.235. The average molecular weight is 362 g/mol. The summed E-state index contributed by atoms with van der Waals surface area (Å²) < 4.78 is 6.81. The van der Waals surface area contributed by atoms with Gasteiger partial charge in [0.05, 0.1) is 24.4 Å². The van der Waals surface area contributed by atoms with E-state index in [0.717, 1.165) is 16.6 Å². The van der Waals surface area contributed by atoms with Crippen molar-refractivity contribution in [2.75, 3.05) is 13.4 Å². The van der Waals surface area contributed by atoms with Crippen LogP contribution in [0.4, 0.5) is 0 Å². The van der Waals surface area contributed by atoms with Crippen molar-refractivity contribution >= 4 is 34.4 Å². The molecule has 0 fully saturated rings. The third kappa shape index (κ3) is 3.12. The van der Waals surface area contributed by atoms with Gasteiger partial charge in [-0.25, -0.2) is 9.97 Å². The lowest BCUT2D eigenvalue weighted by molar-refractivity contribution is 0.415. The highest BCUT2D eigenvalue weighted by Gasteiger charge is 2.11. The number of halogens is 1. The van der Waals surface area contributed by atoms with Gasteiger partial charge in [0.25, 0.3) is 5.56 Å². The van der Waals surface area contributed by atoms with E-state index in [9.17, 15) is 4.79 Å². The van der Waals surface area contributed by atoms with Crippen LogP contribution in [0.15, 0.2) is 40.3 Å². The van der Waals surface area contributed by atoms with Gasteiger partial charge in [-0.15, -0.1) is 0 Å². The molecule has 0 N–H and O–H groups in total. The second kappa shape index (κ2) is 6.83. The molecule has 0 aliphatic heterocycles. The summed E-state index contributed by atoms with van der Waals surface area (Å²) in [6.07, 6.45) is 1.91. The van der Waals surface area contributed by atoms with E-state index in [2.05, 4.69) is 9.97 Å². The van der Waals surface area contributed by atoms with Crippen LogP contribution in [0, 0.1) is 6.92 Å². The SMILES string of the molecule is COc1ccc(Cn2c(=O)ccc3c(C)nc(SC)nc32)cc1Cl. The second-order valence-electron chi connectivity index (χ2n) is 5.26. The van der Waals surface area contributed by atoms with Crippen molar-refractivity contribution in [1.82, 2.24) is 14.5 Å². The Morgan fingerprint density at radius 1 is 1.25 bits per heavy atom. The van der Waals surface area contributed by atoms with Gasteiger partial charge >= 0.3 is 0 Å².